The summed E-state index contributed by atoms with van der Waals surface area (Å²) in [5, 5.41) is 10.0. The number of fused-ring (bicyclic) bond motifs is 1. The highest BCUT2D eigenvalue weighted by Gasteiger charge is 2.50. The van der Waals surface area contributed by atoms with Gasteiger partial charge in [0.2, 0.25) is 10.0 Å². The molecular formula is C23H29FN2O3S. The molecule has 0 bridgehead atoms. The van der Waals surface area contributed by atoms with E-state index in [1.54, 1.807) is 23.4 Å². The highest BCUT2D eigenvalue weighted by Crippen LogP contribution is 2.42. The molecule has 7 heteroatoms. The predicted molar refractivity (Wildman–Crippen MR) is 116 cm³/mol. The van der Waals surface area contributed by atoms with Crippen molar-refractivity contribution in [3.8, 4) is 11.1 Å². The van der Waals surface area contributed by atoms with Crippen LogP contribution in [0.15, 0.2) is 48.5 Å². The summed E-state index contributed by atoms with van der Waals surface area (Å²) in [6, 6.07) is 14.5. The lowest BCUT2D eigenvalue weighted by Crippen LogP contribution is -2.67. The first-order valence-corrected chi connectivity index (χ1v) is 12.3. The van der Waals surface area contributed by atoms with E-state index in [0.29, 0.717) is 18.7 Å². The van der Waals surface area contributed by atoms with Gasteiger partial charge in [-0.05, 0) is 43.5 Å². The van der Waals surface area contributed by atoms with Crippen molar-refractivity contribution in [2.75, 3.05) is 32.0 Å². The summed E-state index contributed by atoms with van der Waals surface area (Å²) in [5.74, 6) is -0.100. The Bertz CT molecular complexity index is 980. The molecule has 0 aliphatic carbocycles. The Kier molecular flexibility index (Phi) is 6.25. The Morgan fingerprint density at radius 2 is 1.77 bits per heavy atom. The molecule has 0 amide bonds. The topological polar surface area (TPSA) is 60.9 Å². The van der Waals surface area contributed by atoms with Crippen LogP contribution in [0.5, 0.6) is 0 Å². The summed E-state index contributed by atoms with van der Waals surface area (Å²) in [6.45, 7) is 3.61. The van der Waals surface area contributed by atoms with Gasteiger partial charge in [-0.2, -0.15) is 0 Å². The van der Waals surface area contributed by atoms with Gasteiger partial charge >= 0.3 is 0 Å². The van der Waals surface area contributed by atoms with Crippen LogP contribution in [-0.4, -0.2) is 66.8 Å². The summed E-state index contributed by atoms with van der Waals surface area (Å²) >= 11 is 0. The number of aliphatic hydroxyl groups excluding tert-OH is 1. The van der Waals surface area contributed by atoms with E-state index in [1.165, 1.54) is 6.07 Å². The van der Waals surface area contributed by atoms with Gasteiger partial charge < -0.3 is 5.11 Å². The van der Waals surface area contributed by atoms with Crippen molar-refractivity contribution in [1.29, 1.82) is 0 Å². The number of rotatable bonds is 5. The Hall–Kier alpha value is -1.80. The summed E-state index contributed by atoms with van der Waals surface area (Å²) in [6.07, 6.45) is 1.75. The lowest BCUT2D eigenvalue weighted by molar-refractivity contribution is -0.0553. The fraction of sp³-hybridized carbons (Fsp3) is 0.478. The van der Waals surface area contributed by atoms with Gasteiger partial charge in [0, 0.05) is 36.7 Å². The normalized spacial score (nSPS) is 25.8. The minimum Gasteiger partial charge on any atom is -0.395 e. The van der Waals surface area contributed by atoms with Gasteiger partial charge in [0.05, 0.1) is 12.4 Å². The monoisotopic (exact) mass is 432 g/mol. The number of benzene rings is 2. The summed E-state index contributed by atoms with van der Waals surface area (Å²) in [5.41, 5.74) is 2.43. The van der Waals surface area contributed by atoms with Crippen LogP contribution in [0.3, 0.4) is 0 Å². The van der Waals surface area contributed by atoms with Crippen molar-refractivity contribution in [2.45, 2.75) is 37.8 Å². The first kappa shape index (κ1) is 21.4. The Balaban J connectivity index is 1.61. The largest absolute Gasteiger partial charge is 0.395 e. The van der Waals surface area contributed by atoms with Crippen LogP contribution in [0, 0.1) is 5.82 Å². The molecule has 0 radical (unpaired) electrons. The molecule has 0 aromatic heterocycles. The van der Waals surface area contributed by atoms with E-state index in [2.05, 4.69) is 4.90 Å². The molecule has 5 nitrogen and oxygen atoms in total. The summed E-state index contributed by atoms with van der Waals surface area (Å²) in [7, 11) is -3.26. The molecule has 2 saturated heterocycles. The van der Waals surface area contributed by atoms with E-state index < -0.39 is 10.0 Å². The van der Waals surface area contributed by atoms with Crippen LogP contribution < -0.4 is 0 Å². The molecule has 3 atom stereocenters. The number of hydrogen-bond acceptors (Lipinski definition) is 4. The maximum atomic E-state index is 14.1. The molecule has 2 heterocycles. The van der Waals surface area contributed by atoms with Crippen LogP contribution in [-0.2, 0) is 10.0 Å². The lowest BCUT2D eigenvalue weighted by Gasteiger charge is -2.57. The zero-order valence-electron chi connectivity index (χ0n) is 17.2. The smallest absolute Gasteiger partial charge is 0.213 e. The number of sulfonamides is 1. The van der Waals surface area contributed by atoms with Gasteiger partial charge in [-0.15, -0.1) is 0 Å². The highest BCUT2D eigenvalue weighted by molar-refractivity contribution is 7.89. The molecule has 2 aromatic carbocycles. The number of aliphatic hydroxyl groups is 1. The van der Waals surface area contributed by atoms with Gasteiger partial charge in [0.25, 0.3) is 0 Å². The second kappa shape index (κ2) is 8.75. The zero-order chi connectivity index (χ0) is 21.3. The molecular weight excluding hydrogens is 403 g/mol. The molecule has 0 spiro atoms. The Morgan fingerprint density at radius 3 is 2.43 bits per heavy atom. The molecule has 0 saturated carbocycles. The van der Waals surface area contributed by atoms with Crippen LogP contribution in [0.25, 0.3) is 11.1 Å². The van der Waals surface area contributed by atoms with Crippen molar-refractivity contribution in [3.63, 3.8) is 0 Å². The number of halogens is 1. The predicted octanol–water partition coefficient (Wildman–Crippen LogP) is 3.07. The first-order valence-electron chi connectivity index (χ1n) is 10.7. The lowest BCUT2D eigenvalue weighted by atomic mass is 9.74. The van der Waals surface area contributed by atoms with Gasteiger partial charge in [0.15, 0.2) is 0 Å². The van der Waals surface area contributed by atoms with E-state index in [1.807, 2.05) is 30.3 Å². The van der Waals surface area contributed by atoms with Crippen LogP contribution in [0.4, 0.5) is 4.39 Å². The summed E-state index contributed by atoms with van der Waals surface area (Å²) in [4.78, 5) is 2.26. The third-order valence-corrected chi connectivity index (χ3v) is 8.42. The van der Waals surface area contributed by atoms with Crippen molar-refractivity contribution < 1.29 is 17.9 Å². The summed E-state index contributed by atoms with van der Waals surface area (Å²) < 4.78 is 40.8. The van der Waals surface area contributed by atoms with Crippen molar-refractivity contribution in [2.24, 2.45) is 0 Å². The highest BCUT2D eigenvalue weighted by atomic mass is 32.2. The van der Waals surface area contributed by atoms with Gasteiger partial charge in [-0.3, -0.25) is 4.90 Å². The van der Waals surface area contributed by atoms with E-state index in [-0.39, 0.29) is 36.2 Å². The molecule has 4 rings (SSSR count). The van der Waals surface area contributed by atoms with Crippen molar-refractivity contribution in [1.82, 2.24) is 9.21 Å². The van der Waals surface area contributed by atoms with Gasteiger partial charge in [0.1, 0.15) is 5.82 Å². The van der Waals surface area contributed by atoms with E-state index >= 15 is 0 Å². The molecule has 2 fully saturated rings. The second-order valence-corrected chi connectivity index (χ2v) is 10.4. The van der Waals surface area contributed by atoms with E-state index in [0.717, 1.165) is 30.5 Å². The van der Waals surface area contributed by atoms with Crippen LogP contribution >= 0.6 is 0 Å². The molecule has 162 valence electrons. The number of hydrogen-bond donors (Lipinski definition) is 1. The standard InChI is InChI=1S/C23H29FN2O3S/c1-2-30(28,29)25-13-5-6-14-26-21(15-25)23(22(26)16-27)18-11-9-17(10-12-18)19-7-3-4-8-20(19)24/h3-4,7-12,21-23,27H,2,5-6,13-16H2,1H3/t21-,22+,23+/m0/s1. The van der Waals surface area contributed by atoms with Crippen LogP contribution in [0.1, 0.15) is 31.2 Å². The third kappa shape index (κ3) is 3.91. The molecule has 2 aliphatic rings. The second-order valence-electron chi connectivity index (χ2n) is 8.15. The zero-order valence-corrected chi connectivity index (χ0v) is 18.1. The Labute approximate surface area is 178 Å². The van der Waals surface area contributed by atoms with E-state index in [9.17, 15) is 17.9 Å². The quantitative estimate of drug-likeness (QED) is 0.789. The minimum absolute atomic E-state index is 0.0152. The third-order valence-electron chi connectivity index (χ3n) is 6.57. The van der Waals surface area contributed by atoms with Gasteiger partial charge in [-0.1, -0.05) is 42.5 Å². The Morgan fingerprint density at radius 1 is 1.07 bits per heavy atom. The molecule has 30 heavy (non-hydrogen) atoms. The average Bonchev–Trinajstić information content (AvgIpc) is 2.73. The maximum absolute atomic E-state index is 14.1. The van der Waals surface area contributed by atoms with Gasteiger partial charge in [-0.25, -0.2) is 17.1 Å². The fourth-order valence-corrected chi connectivity index (χ4v) is 6.08. The van der Waals surface area contributed by atoms with Crippen molar-refractivity contribution >= 4 is 10.0 Å². The molecule has 0 unspecified atom stereocenters. The van der Waals surface area contributed by atoms with E-state index in [4.69, 9.17) is 0 Å². The number of nitrogens with zero attached hydrogens (tertiary/aromatic N) is 2. The van der Waals surface area contributed by atoms with Crippen LogP contribution in [0.2, 0.25) is 0 Å². The first-order chi connectivity index (χ1) is 14.5. The molecule has 1 N–H and O–H groups in total. The van der Waals surface area contributed by atoms with Crippen molar-refractivity contribution in [3.05, 3.63) is 59.9 Å². The average molecular weight is 433 g/mol. The molecule has 2 aliphatic heterocycles. The SMILES string of the molecule is CCS(=O)(=O)N1CCCCN2[C@H](CO)[C@H](c3ccc(-c4ccccc4F)cc3)[C@@H]2C1. The maximum Gasteiger partial charge on any atom is 0.213 e. The molecule has 2 aromatic rings. The fourth-order valence-electron chi connectivity index (χ4n) is 4.92. The minimum atomic E-state index is -3.26.